The normalized spacial score (nSPS) is 11.3. The molecule has 1 aromatic heterocycles. The first-order chi connectivity index (χ1) is 9.36. The van der Waals surface area contributed by atoms with Crippen molar-refractivity contribution in [2.45, 2.75) is 77.7 Å². The summed E-state index contributed by atoms with van der Waals surface area (Å²) in [6.45, 7) is 5.47. The number of aromatic nitrogens is 2. The van der Waals surface area contributed by atoms with Crippen LogP contribution in [0.1, 0.15) is 71.0 Å². The van der Waals surface area contributed by atoms with Crippen LogP contribution in [0.3, 0.4) is 0 Å². The summed E-state index contributed by atoms with van der Waals surface area (Å²) in [4.78, 5) is 4.05. The van der Waals surface area contributed by atoms with Crippen LogP contribution in [0.5, 0.6) is 0 Å². The van der Waals surface area contributed by atoms with Crippen molar-refractivity contribution in [3.05, 3.63) is 12.2 Å². The van der Waals surface area contributed by atoms with Crippen molar-refractivity contribution in [3.8, 4) is 0 Å². The van der Waals surface area contributed by atoms with E-state index in [0.717, 1.165) is 18.8 Å². The van der Waals surface area contributed by atoms with Crippen molar-refractivity contribution in [3.63, 3.8) is 0 Å². The quantitative estimate of drug-likeness (QED) is 0.586. The van der Waals surface area contributed by atoms with Gasteiger partial charge in [-0.1, -0.05) is 57.5 Å². The molecule has 0 fully saturated rings. The summed E-state index contributed by atoms with van der Waals surface area (Å²) in [7, 11) is 0. The van der Waals surface area contributed by atoms with E-state index in [2.05, 4.69) is 29.3 Å². The van der Waals surface area contributed by atoms with Crippen molar-refractivity contribution in [1.29, 1.82) is 0 Å². The van der Waals surface area contributed by atoms with Crippen LogP contribution in [0.4, 0.5) is 0 Å². The molecule has 0 aliphatic carbocycles. The summed E-state index contributed by atoms with van der Waals surface area (Å²) >= 11 is 0. The van der Waals surface area contributed by atoms with Gasteiger partial charge < -0.3 is 9.84 Å². The van der Waals surface area contributed by atoms with Crippen LogP contribution in [-0.2, 0) is 6.42 Å². The Labute approximate surface area is 117 Å². The van der Waals surface area contributed by atoms with E-state index in [-0.39, 0.29) is 0 Å². The number of nitrogens with one attached hydrogen (secondary N) is 1. The van der Waals surface area contributed by atoms with Crippen LogP contribution < -0.4 is 5.32 Å². The molecule has 0 atom stereocenters. The van der Waals surface area contributed by atoms with Gasteiger partial charge in [0.25, 0.3) is 0 Å². The number of rotatable bonds is 12. The second-order valence-corrected chi connectivity index (χ2v) is 5.24. The summed E-state index contributed by atoms with van der Waals surface area (Å²) in [5, 5.41) is 7.49. The Kier molecular flexibility index (Phi) is 9.33. The first-order valence-electron chi connectivity index (χ1n) is 7.85. The number of hydrogen-bond acceptors (Lipinski definition) is 4. The van der Waals surface area contributed by atoms with Crippen LogP contribution in [0.25, 0.3) is 0 Å². The SMILES string of the molecule is CCCCCC(CCCCC)NCCc1ncon1. The van der Waals surface area contributed by atoms with Crippen LogP contribution in [0.15, 0.2) is 10.9 Å². The van der Waals surface area contributed by atoms with Gasteiger partial charge >= 0.3 is 0 Å². The van der Waals surface area contributed by atoms with E-state index in [4.69, 9.17) is 4.52 Å². The Hall–Kier alpha value is -0.900. The Morgan fingerprint density at radius 1 is 1.11 bits per heavy atom. The smallest absolute Gasteiger partial charge is 0.213 e. The summed E-state index contributed by atoms with van der Waals surface area (Å²) in [6, 6.07) is 0.657. The van der Waals surface area contributed by atoms with E-state index >= 15 is 0 Å². The van der Waals surface area contributed by atoms with Gasteiger partial charge in [-0.2, -0.15) is 4.98 Å². The molecule has 19 heavy (non-hydrogen) atoms. The second kappa shape index (κ2) is 11.0. The fourth-order valence-electron chi connectivity index (χ4n) is 2.32. The summed E-state index contributed by atoms with van der Waals surface area (Å²) < 4.78 is 4.74. The molecule has 1 aromatic rings. The molecule has 0 radical (unpaired) electrons. The molecule has 0 bridgehead atoms. The van der Waals surface area contributed by atoms with E-state index < -0.39 is 0 Å². The van der Waals surface area contributed by atoms with Crippen molar-refractivity contribution in [1.82, 2.24) is 15.5 Å². The fraction of sp³-hybridized carbons (Fsp3) is 0.867. The van der Waals surface area contributed by atoms with Gasteiger partial charge in [-0.3, -0.25) is 0 Å². The highest BCUT2D eigenvalue weighted by Gasteiger charge is 2.08. The molecule has 0 aromatic carbocycles. The lowest BCUT2D eigenvalue weighted by molar-refractivity contribution is 0.401. The topological polar surface area (TPSA) is 51.0 Å². The summed E-state index contributed by atoms with van der Waals surface area (Å²) in [6.07, 6.45) is 12.8. The highest BCUT2D eigenvalue weighted by atomic mass is 16.5. The lowest BCUT2D eigenvalue weighted by Gasteiger charge is -2.18. The van der Waals surface area contributed by atoms with Crippen molar-refractivity contribution in [2.24, 2.45) is 0 Å². The molecule has 1 heterocycles. The minimum atomic E-state index is 0.657. The highest BCUT2D eigenvalue weighted by Crippen LogP contribution is 2.11. The van der Waals surface area contributed by atoms with Gasteiger partial charge in [0, 0.05) is 19.0 Å². The first kappa shape index (κ1) is 16.2. The Balaban J connectivity index is 2.18. The van der Waals surface area contributed by atoms with E-state index in [9.17, 15) is 0 Å². The third-order valence-corrected chi connectivity index (χ3v) is 3.50. The summed E-state index contributed by atoms with van der Waals surface area (Å²) in [5.41, 5.74) is 0. The average molecular weight is 267 g/mol. The lowest BCUT2D eigenvalue weighted by Crippen LogP contribution is -2.31. The molecule has 110 valence electrons. The maximum Gasteiger partial charge on any atom is 0.213 e. The van der Waals surface area contributed by atoms with Gasteiger partial charge in [0.05, 0.1) is 0 Å². The predicted molar refractivity (Wildman–Crippen MR) is 78.1 cm³/mol. The molecular formula is C15H29N3O. The Bertz CT molecular complexity index is 278. The van der Waals surface area contributed by atoms with E-state index in [1.807, 2.05) is 0 Å². The number of unbranched alkanes of at least 4 members (excludes halogenated alkanes) is 4. The molecule has 0 unspecified atom stereocenters. The molecule has 1 N–H and O–H groups in total. The molecule has 0 saturated heterocycles. The van der Waals surface area contributed by atoms with Gasteiger partial charge in [-0.15, -0.1) is 0 Å². The van der Waals surface area contributed by atoms with Crippen molar-refractivity contribution < 1.29 is 4.52 Å². The van der Waals surface area contributed by atoms with Gasteiger partial charge in [0.1, 0.15) is 0 Å². The van der Waals surface area contributed by atoms with E-state index in [1.165, 1.54) is 57.8 Å². The first-order valence-corrected chi connectivity index (χ1v) is 7.85. The second-order valence-electron chi connectivity index (χ2n) is 5.24. The van der Waals surface area contributed by atoms with E-state index in [0.29, 0.717) is 6.04 Å². The summed E-state index contributed by atoms with van der Waals surface area (Å²) in [5.74, 6) is 0.799. The molecule has 4 heteroatoms. The largest absolute Gasteiger partial charge is 0.343 e. The lowest BCUT2D eigenvalue weighted by atomic mass is 10.0. The molecule has 0 amide bonds. The minimum absolute atomic E-state index is 0.657. The average Bonchev–Trinajstić information content (AvgIpc) is 2.92. The Morgan fingerprint density at radius 2 is 1.79 bits per heavy atom. The molecule has 0 aliphatic rings. The fourth-order valence-corrected chi connectivity index (χ4v) is 2.32. The number of nitrogens with zero attached hydrogens (tertiary/aromatic N) is 2. The van der Waals surface area contributed by atoms with E-state index in [1.54, 1.807) is 0 Å². The van der Waals surface area contributed by atoms with Crippen LogP contribution in [0.2, 0.25) is 0 Å². The Morgan fingerprint density at radius 3 is 2.32 bits per heavy atom. The van der Waals surface area contributed by atoms with Crippen molar-refractivity contribution >= 4 is 0 Å². The third kappa shape index (κ3) is 7.98. The van der Waals surface area contributed by atoms with Gasteiger partial charge in [0.2, 0.25) is 6.39 Å². The minimum Gasteiger partial charge on any atom is -0.343 e. The number of hydrogen-bond donors (Lipinski definition) is 1. The van der Waals surface area contributed by atoms with Crippen molar-refractivity contribution in [2.75, 3.05) is 6.54 Å². The van der Waals surface area contributed by atoms with Gasteiger partial charge in [0.15, 0.2) is 5.82 Å². The predicted octanol–water partition coefficient (Wildman–Crippen LogP) is 3.73. The maximum absolute atomic E-state index is 4.74. The van der Waals surface area contributed by atoms with Crippen LogP contribution in [0, 0.1) is 0 Å². The van der Waals surface area contributed by atoms with Gasteiger partial charge in [-0.05, 0) is 12.8 Å². The van der Waals surface area contributed by atoms with Crippen LogP contribution in [-0.4, -0.2) is 22.7 Å². The maximum atomic E-state index is 4.74. The monoisotopic (exact) mass is 267 g/mol. The standard InChI is InChI=1S/C15H29N3O/c1-3-5-7-9-14(10-8-6-4-2)16-12-11-15-17-13-19-18-15/h13-14,16H,3-12H2,1-2H3. The zero-order valence-electron chi connectivity index (χ0n) is 12.5. The molecule has 1 rings (SSSR count). The zero-order chi connectivity index (χ0) is 13.8. The molecule has 4 nitrogen and oxygen atoms in total. The third-order valence-electron chi connectivity index (χ3n) is 3.50. The molecule has 0 aliphatic heterocycles. The molecule has 0 saturated carbocycles. The molecular weight excluding hydrogens is 238 g/mol. The molecule has 0 spiro atoms. The van der Waals surface area contributed by atoms with Crippen LogP contribution >= 0.6 is 0 Å². The highest BCUT2D eigenvalue weighted by molar-refractivity contribution is 4.79. The zero-order valence-corrected chi connectivity index (χ0v) is 12.5. The van der Waals surface area contributed by atoms with Gasteiger partial charge in [-0.25, -0.2) is 0 Å².